The largest absolute Gasteiger partial charge is 0.496 e. The molecule has 1 aromatic heterocycles. The number of aromatic nitrogens is 1. The van der Waals surface area contributed by atoms with Gasteiger partial charge >= 0.3 is 0 Å². The fourth-order valence-electron chi connectivity index (χ4n) is 3.48. The van der Waals surface area contributed by atoms with Crippen molar-refractivity contribution in [3.05, 3.63) is 53.3 Å². The van der Waals surface area contributed by atoms with Crippen molar-refractivity contribution >= 4 is 11.8 Å². The zero-order valence-corrected chi connectivity index (χ0v) is 16.3. The number of benzene rings is 1. The van der Waals surface area contributed by atoms with Crippen LogP contribution in [0.15, 0.2) is 36.7 Å². The molecule has 0 saturated carbocycles. The Morgan fingerprint density at radius 1 is 1.07 bits per heavy atom. The fraction of sp³-hybridized carbons (Fsp3) is 0.429. The number of carbonyl (C=O) groups is 2. The zero-order valence-electron chi connectivity index (χ0n) is 16.3. The van der Waals surface area contributed by atoms with Gasteiger partial charge in [0, 0.05) is 45.6 Å². The molecule has 6 nitrogen and oxygen atoms in total. The maximum absolute atomic E-state index is 13.0. The minimum atomic E-state index is -0.0343. The van der Waals surface area contributed by atoms with E-state index in [2.05, 4.69) is 0 Å². The summed E-state index contributed by atoms with van der Waals surface area (Å²) < 4.78 is 7.30. The quantitative estimate of drug-likeness (QED) is 0.831. The Labute approximate surface area is 160 Å². The number of rotatable bonds is 4. The molecule has 0 bridgehead atoms. The number of carbonyl (C=O) groups excluding carboxylic acids is 2. The van der Waals surface area contributed by atoms with Crippen molar-refractivity contribution in [1.29, 1.82) is 0 Å². The van der Waals surface area contributed by atoms with Crippen molar-refractivity contribution in [1.82, 2.24) is 14.4 Å². The molecule has 6 heteroatoms. The van der Waals surface area contributed by atoms with Gasteiger partial charge in [-0.3, -0.25) is 9.59 Å². The second kappa shape index (κ2) is 8.29. The number of amides is 2. The summed E-state index contributed by atoms with van der Waals surface area (Å²) in [7, 11) is 3.52. The van der Waals surface area contributed by atoms with E-state index in [1.165, 1.54) is 0 Å². The maximum Gasteiger partial charge on any atom is 0.257 e. The van der Waals surface area contributed by atoms with Crippen molar-refractivity contribution < 1.29 is 14.3 Å². The van der Waals surface area contributed by atoms with Gasteiger partial charge < -0.3 is 19.1 Å². The molecule has 0 N–H and O–H groups in total. The van der Waals surface area contributed by atoms with E-state index in [0.717, 1.165) is 17.5 Å². The van der Waals surface area contributed by atoms with Crippen LogP contribution in [-0.2, 0) is 18.3 Å². The van der Waals surface area contributed by atoms with Gasteiger partial charge in [-0.2, -0.15) is 0 Å². The van der Waals surface area contributed by atoms with Crippen molar-refractivity contribution in [3.63, 3.8) is 0 Å². The van der Waals surface area contributed by atoms with Gasteiger partial charge in [0.15, 0.2) is 0 Å². The molecule has 2 heterocycles. The number of methoxy groups -OCH3 is 1. The van der Waals surface area contributed by atoms with E-state index < -0.39 is 0 Å². The summed E-state index contributed by atoms with van der Waals surface area (Å²) >= 11 is 0. The summed E-state index contributed by atoms with van der Waals surface area (Å²) in [6, 6.07) is 7.60. The van der Waals surface area contributed by atoms with E-state index in [0.29, 0.717) is 43.9 Å². The molecule has 1 fully saturated rings. The molecule has 144 valence electrons. The zero-order chi connectivity index (χ0) is 19.4. The third-order valence-electron chi connectivity index (χ3n) is 4.97. The predicted molar refractivity (Wildman–Crippen MR) is 104 cm³/mol. The topological polar surface area (TPSA) is 54.8 Å². The molecule has 1 aromatic carbocycles. The third-order valence-corrected chi connectivity index (χ3v) is 4.97. The van der Waals surface area contributed by atoms with E-state index in [1.807, 2.05) is 65.0 Å². The lowest BCUT2D eigenvalue weighted by Gasteiger charge is -2.23. The van der Waals surface area contributed by atoms with E-state index in [-0.39, 0.29) is 11.8 Å². The smallest absolute Gasteiger partial charge is 0.257 e. The molecule has 0 spiro atoms. The second-order valence-corrected chi connectivity index (χ2v) is 7.09. The van der Waals surface area contributed by atoms with Gasteiger partial charge in [-0.15, -0.1) is 0 Å². The van der Waals surface area contributed by atoms with E-state index in [1.54, 1.807) is 7.11 Å². The first-order valence-corrected chi connectivity index (χ1v) is 9.30. The van der Waals surface area contributed by atoms with Crippen LogP contribution in [0.3, 0.4) is 0 Å². The Morgan fingerprint density at radius 2 is 1.81 bits per heavy atom. The first-order chi connectivity index (χ1) is 13.0. The van der Waals surface area contributed by atoms with Crippen LogP contribution in [0.5, 0.6) is 5.75 Å². The standard InChI is InChI=1S/C21H27N3O3/c1-16-5-6-19(27-3)18(13-16)21(26)24-9-4-8-23(11-12-24)20(25)14-17-7-10-22(2)15-17/h5-7,10,13,15H,4,8-9,11-12,14H2,1-3H3. The monoisotopic (exact) mass is 369 g/mol. The van der Waals surface area contributed by atoms with Crippen molar-refractivity contribution in [2.45, 2.75) is 19.8 Å². The highest BCUT2D eigenvalue weighted by atomic mass is 16.5. The van der Waals surface area contributed by atoms with Gasteiger partial charge in [-0.25, -0.2) is 0 Å². The van der Waals surface area contributed by atoms with Crippen LogP contribution in [0.25, 0.3) is 0 Å². The Bertz CT molecular complexity index is 828. The second-order valence-electron chi connectivity index (χ2n) is 7.09. The number of hydrogen-bond acceptors (Lipinski definition) is 3. The summed E-state index contributed by atoms with van der Waals surface area (Å²) in [6.07, 6.45) is 5.09. The average Bonchev–Trinajstić information content (AvgIpc) is 2.92. The molecular weight excluding hydrogens is 342 g/mol. The fourth-order valence-corrected chi connectivity index (χ4v) is 3.48. The molecule has 1 saturated heterocycles. The number of ether oxygens (including phenoxy) is 1. The summed E-state index contributed by atoms with van der Waals surface area (Å²) in [5.74, 6) is 0.670. The van der Waals surface area contributed by atoms with Gasteiger partial charge in [0.25, 0.3) is 5.91 Å². The summed E-state index contributed by atoms with van der Waals surface area (Å²) in [4.78, 5) is 29.3. The number of aryl methyl sites for hydroxylation is 2. The van der Waals surface area contributed by atoms with Crippen LogP contribution in [0, 0.1) is 6.92 Å². The van der Waals surface area contributed by atoms with E-state index >= 15 is 0 Å². The highest BCUT2D eigenvalue weighted by molar-refractivity contribution is 5.97. The van der Waals surface area contributed by atoms with Crippen LogP contribution >= 0.6 is 0 Å². The van der Waals surface area contributed by atoms with Gasteiger partial charge in [-0.05, 0) is 37.1 Å². The molecule has 0 atom stereocenters. The van der Waals surface area contributed by atoms with Crippen LogP contribution in [0.1, 0.15) is 27.9 Å². The molecular formula is C21H27N3O3. The molecule has 2 amide bonds. The normalized spacial score (nSPS) is 14.8. The highest BCUT2D eigenvalue weighted by Gasteiger charge is 2.24. The first-order valence-electron chi connectivity index (χ1n) is 9.30. The Kier molecular flexibility index (Phi) is 5.84. The predicted octanol–water partition coefficient (Wildman–Crippen LogP) is 2.26. The van der Waals surface area contributed by atoms with Crippen LogP contribution in [-0.4, -0.2) is 59.5 Å². The SMILES string of the molecule is COc1ccc(C)cc1C(=O)N1CCCN(C(=O)Cc2ccn(C)c2)CC1. The van der Waals surface area contributed by atoms with Gasteiger partial charge in [0.2, 0.25) is 5.91 Å². The van der Waals surface area contributed by atoms with Gasteiger partial charge in [0.05, 0.1) is 19.1 Å². The van der Waals surface area contributed by atoms with Gasteiger partial charge in [0.1, 0.15) is 5.75 Å². The number of nitrogens with zero attached hydrogens (tertiary/aromatic N) is 3. The molecule has 0 radical (unpaired) electrons. The number of hydrogen-bond donors (Lipinski definition) is 0. The molecule has 2 aromatic rings. The van der Waals surface area contributed by atoms with Crippen LogP contribution in [0.2, 0.25) is 0 Å². The maximum atomic E-state index is 13.0. The average molecular weight is 369 g/mol. The first kappa shape index (κ1) is 19.0. The lowest BCUT2D eigenvalue weighted by molar-refractivity contribution is -0.130. The Morgan fingerprint density at radius 3 is 2.52 bits per heavy atom. The van der Waals surface area contributed by atoms with Crippen LogP contribution < -0.4 is 4.74 Å². The van der Waals surface area contributed by atoms with Crippen molar-refractivity contribution in [2.24, 2.45) is 7.05 Å². The molecule has 0 unspecified atom stereocenters. The van der Waals surface area contributed by atoms with E-state index in [4.69, 9.17) is 4.74 Å². The third kappa shape index (κ3) is 4.51. The highest BCUT2D eigenvalue weighted by Crippen LogP contribution is 2.22. The molecule has 27 heavy (non-hydrogen) atoms. The van der Waals surface area contributed by atoms with Gasteiger partial charge in [-0.1, -0.05) is 11.6 Å². The molecule has 3 rings (SSSR count). The van der Waals surface area contributed by atoms with Crippen molar-refractivity contribution in [2.75, 3.05) is 33.3 Å². The minimum Gasteiger partial charge on any atom is -0.496 e. The minimum absolute atomic E-state index is 0.0343. The molecule has 0 aliphatic carbocycles. The summed E-state index contributed by atoms with van der Waals surface area (Å²) in [6.45, 7) is 4.38. The summed E-state index contributed by atoms with van der Waals surface area (Å²) in [5, 5.41) is 0. The molecule has 1 aliphatic heterocycles. The van der Waals surface area contributed by atoms with Crippen molar-refractivity contribution in [3.8, 4) is 5.75 Å². The van der Waals surface area contributed by atoms with E-state index in [9.17, 15) is 9.59 Å². The molecule has 1 aliphatic rings. The Balaban J connectivity index is 1.65. The Hall–Kier alpha value is -2.76. The summed E-state index contributed by atoms with van der Waals surface area (Å²) in [5.41, 5.74) is 2.62. The lowest BCUT2D eigenvalue weighted by Crippen LogP contribution is -2.38. The lowest BCUT2D eigenvalue weighted by atomic mass is 10.1. The van der Waals surface area contributed by atoms with Crippen LogP contribution in [0.4, 0.5) is 0 Å².